The molecule has 1 aromatic rings. The van der Waals surface area contributed by atoms with E-state index >= 15 is 0 Å². The van der Waals surface area contributed by atoms with Crippen LogP contribution in [0.3, 0.4) is 0 Å². The van der Waals surface area contributed by atoms with Gasteiger partial charge in [0, 0.05) is 18.5 Å². The minimum Gasteiger partial charge on any atom is -0.330 e. The average molecular weight is 168 g/mol. The van der Waals surface area contributed by atoms with Gasteiger partial charge in [0.05, 0.1) is 5.03 Å². The van der Waals surface area contributed by atoms with Gasteiger partial charge in [-0.05, 0) is 18.6 Å². The van der Waals surface area contributed by atoms with Gasteiger partial charge < -0.3 is 5.73 Å². The van der Waals surface area contributed by atoms with Gasteiger partial charge in [0.25, 0.3) is 0 Å². The smallest absolute Gasteiger partial charge is 0.0989 e. The van der Waals surface area contributed by atoms with Crippen LogP contribution in [0.1, 0.15) is 5.56 Å². The van der Waals surface area contributed by atoms with Crippen molar-refractivity contribution in [3.05, 3.63) is 23.9 Å². The third-order valence-corrected chi connectivity index (χ3v) is 2.46. The first-order valence-electron chi connectivity index (χ1n) is 3.59. The molecule has 11 heavy (non-hydrogen) atoms. The first kappa shape index (κ1) is 8.56. The number of thioether (sulfide) groups is 1. The zero-order valence-corrected chi connectivity index (χ0v) is 7.40. The Bertz CT molecular complexity index is 225. The quantitative estimate of drug-likeness (QED) is 0.694. The minimum atomic E-state index is 0.709. The highest BCUT2D eigenvalue weighted by Gasteiger charge is 1.96. The molecule has 0 saturated heterocycles. The summed E-state index contributed by atoms with van der Waals surface area (Å²) in [6.45, 7) is 2.77. The van der Waals surface area contributed by atoms with Gasteiger partial charge >= 0.3 is 0 Å². The Morgan fingerprint density at radius 3 is 3.09 bits per heavy atom. The molecule has 60 valence electrons. The summed E-state index contributed by atoms with van der Waals surface area (Å²) in [4.78, 5) is 4.22. The summed E-state index contributed by atoms with van der Waals surface area (Å²) >= 11 is 1.71. The zero-order valence-electron chi connectivity index (χ0n) is 6.58. The van der Waals surface area contributed by atoms with E-state index < -0.39 is 0 Å². The van der Waals surface area contributed by atoms with Gasteiger partial charge in [-0.2, -0.15) is 0 Å². The Labute approximate surface area is 71.2 Å². The fourth-order valence-electron chi connectivity index (χ4n) is 0.778. The summed E-state index contributed by atoms with van der Waals surface area (Å²) in [5.74, 6) is 0.942. The van der Waals surface area contributed by atoms with Crippen molar-refractivity contribution in [3.63, 3.8) is 0 Å². The van der Waals surface area contributed by atoms with E-state index in [-0.39, 0.29) is 0 Å². The van der Waals surface area contributed by atoms with Crippen LogP contribution in [0.15, 0.2) is 23.4 Å². The van der Waals surface area contributed by atoms with Gasteiger partial charge in [-0.15, -0.1) is 11.8 Å². The van der Waals surface area contributed by atoms with Crippen LogP contribution in [-0.2, 0) is 0 Å². The fourth-order valence-corrected chi connectivity index (χ4v) is 1.52. The molecule has 0 saturated carbocycles. The van der Waals surface area contributed by atoms with E-state index in [0.29, 0.717) is 6.54 Å². The largest absolute Gasteiger partial charge is 0.330 e. The average Bonchev–Trinajstić information content (AvgIpc) is 2.03. The Morgan fingerprint density at radius 1 is 1.64 bits per heavy atom. The number of nitrogens with zero attached hydrogens (tertiary/aromatic N) is 1. The van der Waals surface area contributed by atoms with Crippen molar-refractivity contribution >= 4 is 11.8 Å². The highest BCUT2D eigenvalue weighted by Crippen LogP contribution is 2.17. The molecule has 2 nitrogen and oxygen atoms in total. The maximum absolute atomic E-state index is 5.38. The van der Waals surface area contributed by atoms with Gasteiger partial charge in [-0.3, -0.25) is 0 Å². The second kappa shape index (κ2) is 4.36. The number of hydrogen-bond acceptors (Lipinski definition) is 3. The molecule has 0 unspecified atom stereocenters. The van der Waals surface area contributed by atoms with Crippen molar-refractivity contribution in [3.8, 4) is 0 Å². The van der Waals surface area contributed by atoms with Crippen LogP contribution in [0.25, 0.3) is 0 Å². The molecule has 1 heterocycles. The van der Waals surface area contributed by atoms with Crippen LogP contribution in [-0.4, -0.2) is 17.3 Å². The van der Waals surface area contributed by atoms with Crippen LogP contribution < -0.4 is 5.73 Å². The molecule has 0 amide bonds. The van der Waals surface area contributed by atoms with Crippen LogP contribution in [0, 0.1) is 6.92 Å². The van der Waals surface area contributed by atoms with Gasteiger partial charge in [0.1, 0.15) is 0 Å². The van der Waals surface area contributed by atoms with Gasteiger partial charge in [0.2, 0.25) is 0 Å². The summed E-state index contributed by atoms with van der Waals surface area (Å²) in [5, 5.41) is 1.10. The lowest BCUT2D eigenvalue weighted by atomic mass is 10.3. The predicted molar refractivity (Wildman–Crippen MR) is 48.8 cm³/mol. The maximum atomic E-state index is 5.38. The highest BCUT2D eigenvalue weighted by molar-refractivity contribution is 7.99. The Hall–Kier alpha value is -0.540. The molecule has 0 aliphatic heterocycles. The summed E-state index contributed by atoms with van der Waals surface area (Å²) in [7, 11) is 0. The van der Waals surface area contributed by atoms with Crippen LogP contribution in [0.2, 0.25) is 0 Å². The summed E-state index contributed by atoms with van der Waals surface area (Å²) < 4.78 is 0. The van der Waals surface area contributed by atoms with Gasteiger partial charge in [0.15, 0.2) is 0 Å². The molecule has 0 aliphatic carbocycles. The molecular formula is C8H12N2S. The fraction of sp³-hybridized carbons (Fsp3) is 0.375. The van der Waals surface area contributed by atoms with E-state index in [1.165, 1.54) is 5.56 Å². The number of rotatable bonds is 3. The van der Waals surface area contributed by atoms with Crippen molar-refractivity contribution in [2.24, 2.45) is 5.73 Å². The Kier molecular flexibility index (Phi) is 3.39. The number of pyridine rings is 1. The van der Waals surface area contributed by atoms with E-state index in [1.807, 2.05) is 12.3 Å². The van der Waals surface area contributed by atoms with Crippen LogP contribution in [0.4, 0.5) is 0 Å². The molecule has 0 aliphatic rings. The third-order valence-electron chi connectivity index (χ3n) is 1.32. The third kappa shape index (κ3) is 2.52. The van der Waals surface area contributed by atoms with Crippen LogP contribution >= 0.6 is 11.8 Å². The molecule has 0 spiro atoms. The van der Waals surface area contributed by atoms with Crippen molar-refractivity contribution in [1.82, 2.24) is 4.98 Å². The standard InChI is InChI=1S/C8H12N2S/c1-7-3-2-5-10-8(7)11-6-4-9/h2-3,5H,4,6,9H2,1H3. The number of hydrogen-bond donors (Lipinski definition) is 1. The van der Waals surface area contributed by atoms with Gasteiger partial charge in [-0.1, -0.05) is 6.07 Å². The van der Waals surface area contributed by atoms with E-state index in [4.69, 9.17) is 5.73 Å². The second-order valence-electron chi connectivity index (χ2n) is 2.26. The van der Waals surface area contributed by atoms with E-state index in [1.54, 1.807) is 11.8 Å². The topological polar surface area (TPSA) is 38.9 Å². The van der Waals surface area contributed by atoms with Crippen LogP contribution in [0.5, 0.6) is 0 Å². The van der Waals surface area contributed by atoms with E-state index in [0.717, 1.165) is 10.8 Å². The predicted octanol–water partition coefficient (Wildman–Crippen LogP) is 1.44. The summed E-state index contributed by atoms with van der Waals surface area (Å²) in [5.41, 5.74) is 6.61. The lowest BCUT2D eigenvalue weighted by Gasteiger charge is -2.00. The van der Waals surface area contributed by atoms with Crippen molar-refractivity contribution in [2.45, 2.75) is 11.9 Å². The molecule has 0 bridgehead atoms. The number of nitrogens with two attached hydrogens (primary N) is 1. The minimum absolute atomic E-state index is 0.709. The Balaban J connectivity index is 2.62. The maximum Gasteiger partial charge on any atom is 0.0989 e. The highest BCUT2D eigenvalue weighted by atomic mass is 32.2. The Morgan fingerprint density at radius 2 is 2.45 bits per heavy atom. The molecular weight excluding hydrogens is 156 g/mol. The normalized spacial score (nSPS) is 10.0. The first-order valence-corrected chi connectivity index (χ1v) is 4.57. The molecule has 1 rings (SSSR count). The molecule has 2 N–H and O–H groups in total. The van der Waals surface area contributed by atoms with Crippen molar-refractivity contribution in [2.75, 3.05) is 12.3 Å². The van der Waals surface area contributed by atoms with Crippen molar-refractivity contribution in [1.29, 1.82) is 0 Å². The molecule has 0 atom stereocenters. The van der Waals surface area contributed by atoms with Gasteiger partial charge in [-0.25, -0.2) is 4.98 Å². The van der Waals surface area contributed by atoms with E-state index in [2.05, 4.69) is 18.0 Å². The number of aryl methyl sites for hydroxylation is 1. The molecule has 3 heteroatoms. The van der Waals surface area contributed by atoms with E-state index in [9.17, 15) is 0 Å². The van der Waals surface area contributed by atoms with Crippen molar-refractivity contribution < 1.29 is 0 Å². The summed E-state index contributed by atoms with van der Waals surface area (Å²) in [6.07, 6.45) is 1.81. The SMILES string of the molecule is Cc1cccnc1SCCN. The molecule has 0 radical (unpaired) electrons. The molecule has 0 fully saturated rings. The lowest BCUT2D eigenvalue weighted by Crippen LogP contribution is -2.01. The second-order valence-corrected chi connectivity index (χ2v) is 3.35. The zero-order chi connectivity index (χ0) is 8.10. The number of aromatic nitrogens is 1. The molecule has 0 aromatic carbocycles. The first-order chi connectivity index (χ1) is 5.34. The monoisotopic (exact) mass is 168 g/mol. The lowest BCUT2D eigenvalue weighted by molar-refractivity contribution is 1.07. The summed E-state index contributed by atoms with van der Waals surface area (Å²) in [6, 6.07) is 4.01. The molecule has 1 aromatic heterocycles.